The highest BCUT2D eigenvalue weighted by Gasteiger charge is 2.62. The van der Waals surface area contributed by atoms with Gasteiger partial charge in [-0.05, 0) is 64.0 Å². The molecule has 11 heteroatoms. The third-order valence-corrected chi connectivity index (χ3v) is 11.5. The van der Waals surface area contributed by atoms with Crippen molar-refractivity contribution in [3.05, 3.63) is 66.7 Å². The SMILES string of the molecule is CCOC(=O)[C@@]12C[C@H]1/C=C\CCCCC[C@H](CC(=O)N1CCCCC1)C(=O)N1C[C@H](Oc3cc(-c4ccccc4)nc4cc(OC)ccc34)C[C@H]1C(=O)N2. The molecular weight excluding hydrogens is 684 g/mol. The minimum absolute atomic E-state index is 0.00360. The number of hydrogen-bond donors (Lipinski definition) is 1. The molecule has 1 N–H and O–H groups in total. The maximum absolute atomic E-state index is 14.7. The van der Waals surface area contributed by atoms with E-state index in [0.717, 1.165) is 55.9 Å². The van der Waals surface area contributed by atoms with Gasteiger partial charge in [0.25, 0.3) is 0 Å². The van der Waals surface area contributed by atoms with Crippen molar-refractivity contribution < 1.29 is 33.4 Å². The van der Waals surface area contributed by atoms with Gasteiger partial charge in [0.15, 0.2) is 0 Å². The van der Waals surface area contributed by atoms with Crippen molar-refractivity contribution in [2.45, 2.75) is 95.2 Å². The quantitative estimate of drug-likeness (QED) is 0.213. The predicted molar refractivity (Wildman–Crippen MR) is 205 cm³/mol. The number of aromatic nitrogens is 1. The number of piperidine rings is 1. The number of nitrogens with zero attached hydrogens (tertiary/aromatic N) is 3. The van der Waals surface area contributed by atoms with Crippen LogP contribution in [0.2, 0.25) is 0 Å². The first-order chi connectivity index (χ1) is 26.3. The molecule has 286 valence electrons. The van der Waals surface area contributed by atoms with Crippen LogP contribution in [0.5, 0.6) is 11.5 Å². The van der Waals surface area contributed by atoms with Crippen LogP contribution in [0.25, 0.3) is 22.2 Å². The van der Waals surface area contributed by atoms with Crippen molar-refractivity contribution in [2.75, 3.05) is 33.4 Å². The lowest BCUT2D eigenvalue weighted by Gasteiger charge is -2.31. The number of allylic oxidation sites excluding steroid dienone is 1. The number of fused-ring (bicyclic) bond motifs is 3. The molecule has 2 aromatic carbocycles. The van der Waals surface area contributed by atoms with Gasteiger partial charge in [-0.15, -0.1) is 0 Å². The van der Waals surface area contributed by atoms with Crippen molar-refractivity contribution >= 4 is 34.6 Å². The van der Waals surface area contributed by atoms with E-state index >= 15 is 0 Å². The molecule has 3 fully saturated rings. The molecule has 1 aromatic heterocycles. The lowest BCUT2D eigenvalue weighted by molar-refractivity contribution is -0.150. The number of hydrogen-bond acceptors (Lipinski definition) is 8. The number of rotatable bonds is 8. The van der Waals surface area contributed by atoms with Crippen LogP contribution < -0.4 is 14.8 Å². The summed E-state index contributed by atoms with van der Waals surface area (Å²) in [6, 6.07) is 16.5. The van der Waals surface area contributed by atoms with Crippen LogP contribution in [0.1, 0.15) is 77.6 Å². The van der Waals surface area contributed by atoms with E-state index in [1.807, 2.05) is 65.6 Å². The number of carbonyl (C=O) groups is 4. The van der Waals surface area contributed by atoms with Gasteiger partial charge in [-0.3, -0.25) is 14.4 Å². The Morgan fingerprint density at radius 2 is 1.78 bits per heavy atom. The second kappa shape index (κ2) is 16.6. The van der Waals surface area contributed by atoms with Gasteiger partial charge in [-0.1, -0.05) is 55.3 Å². The molecular formula is C43H52N4O7. The monoisotopic (exact) mass is 736 g/mol. The summed E-state index contributed by atoms with van der Waals surface area (Å²) in [5, 5.41) is 3.84. The lowest BCUT2D eigenvalue weighted by Crippen LogP contribution is -2.54. The number of amides is 3. The maximum atomic E-state index is 14.7. The van der Waals surface area contributed by atoms with Gasteiger partial charge in [0.1, 0.15) is 29.2 Å². The average molecular weight is 737 g/mol. The van der Waals surface area contributed by atoms with Gasteiger partial charge in [0.05, 0.1) is 31.5 Å². The van der Waals surface area contributed by atoms with E-state index in [1.54, 1.807) is 18.9 Å². The van der Waals surface area contributed by atoms with Gasteiger partial charge >= 0.3 is 5.97 Å². The van der Waals surface area contributed by atoms with Crippen LogP contribution in [0.3, 0.4) is 0 Å². The second-order valence-corrected chi connectivity index (χ2v) is 15.1. The fraction of sp³-hybridized carbons (Fsp3) is 0.512. The largest absolute Gasteiger partial charge is 0.497 e. The fourth-order valence-corrected chi connectivity index (χ4v) is 8.35. The van der Waals surface area contributed by atoms with Gasteiger partial charge in [-0.25, -0.2) is 9.78 Å². The first-order valence-corrected chi connectivity index (χ1v) is 19.7. The van der Waals surface area contributed by atoms with Gasteiger partial charge in [0, 0.05) is 60.8 Å². The Morgan fingerprint density at radius 1 is 0.981 bits per heavy atom. The Hall–Kier alpha value is -4.93. The molecule has 0 unspecified atom stereocenters. The molecule has 0 spiro atoms. The minimum atomic E-state index is -1.17. The number of likely N-dealkylation sites (tertiary alicyclic amines) is 1. The fourth-order valence-electron chi connectivity index (χ4n) is 8.35. The third kappa shape index (κ3) is 8.10. The summed E-state index contributed by atoms with van der Waals surface area (Å²) >= 11 is 0. The Morgan fingerprint density at radius 3 is 2.56 bits per heavy atom. The van der Waals surface area contributed by atoms with Crippen molar-refractivity contribution in [3.63, 3.8) is 0 Å². The normalized spacial score (nSPS) is 26.8. The Bertz CT molecular complexity index is 1880. The van der Waals surface area contributed by atoms with Crippen LogP contribution in [0.4, 0.5) is 0 Å². The van der Waals surface area contributed by atoms with E-state index in [1.165, 1.54) is 0 Å². The molecule has 4 aliphatic rings. The zero-order valence-corrected chi connectivity index (χ0v) is 31.5. The lowest BCUT2D eigenvalue weighted by atomic mass is 9.94. The van der Waals surface area contributed by atoms with E-state index in [4.69, 9.17) is 19.2 Å². The number of nitrogens with one attached hydrogen (secondary N) is 1. The summed E-state index contributed by atoms with van der Waals surface area (Å²) in [6.45, 7) is 3.53. The van der Waals surface area contributed by atoms with E-state index < -0.39 is 35.5 Å². The van der Waals surface area contributed by atoms with Crippen molar-refractivity contribution in [1.29, 1.82) is 0 Å². The number of esters is 1. The number of benzene rings is 2. The molecule has 3 aromatic rings. The van der Waals surface area contributed by atoms with Crippen LogP contribution in [-0.4, -0.2) is 89.5 Å². The molecule has 0 radical (unpaired) electrons. The summed E-state index contributed by atoms with van der Waals surface area (Å²) in [6.07, 6.45) is 11.4. The number of methoxy groups -OCH3 is 1. The van der Waals surface area contributed by atoms with E-state index in [9.17, 15) is 19.2 Å². The van der Waals surface area contributed by atoms with E-state index in [0.29, 0.717) is 48.6 Å². The van der Waals surface area contributed by atoms with Crippen LogP contribution in [0.15, 0.2) is 66.7 Å². The number of carbonyl (C=O) groups excluding carboxylic acids is 4. The molecule has 54 heavy (non-hydrogen) atoms. The van der Waals surface area contributed by atoms with E-state index in [-0.39, 0.29) is 43.7 Å². The first kappa shape index (κ1) is 37.4. The summed E-state index contributed by atoms with van der Waals surface area (Å²) in [7, 11) is 1.61. The molecule has 7 rings (SSSR count). The minimum Gasteiger partial charge on any atom is -0.497 e. The Labute approximate surface area is 317 Å². The molecule has 0 bridgehead atoms. The van der Waals surface area contributed by atoms with E-state index in [2.05, 4.69) is 11.4 Å². The topological polar surface area (TPSA) is 127 Å². The summed E-state index contributed by atoms with van der Waals surface area (Å²) in [4.78, 5) is 64.6. The van der Waals surface area contributed by atoms with Gasteiger partial charge < -0.3 is 29.3 Å². The highest BCUT2D eigenvalue weighted by Crippen LogP contribution is 2.46. The summed E-state index contributed by atoms with van der Waals surface area (Å²) in [5.74, 6) is -0.608. The third-order valence-electron chi connectivity index (χ3n) is 11.5. The number of ether oxygens (including phenoxy) is 3. The highest BCUT2D eigenvalue weighted by atomic mass is 16.5. The molecule has 3 aliphatic heterocycles. The van der Waals surface area contributed by atoms with Crippen molar-refractivity contribution in [1.82, 2.24) is 20.1 Å². The Kier molecular flexibility index (Phi) is 11.5. The van der Waals surface area contributed by atoms with Crippen molar-refractivity contribution in [2.24, 2.45) is 11.8 Å². The highest BCUT2D eigenvalue weighted by molar-refractivity contribution is 5.96. The first-order valence-electron chi connectivity index (χ1n) is 19.7. The molecule has 5 atom stereocenters. The molecule has 3 amide bonds. The molecule has 11 nitrogen and oxygen atoms in total. The zero-order valence-electron chi connectivity index (χ0n) is 31.5. The average Bonchev–Trinajstić information content (AvgIpc) is 3.73. The maximum Gasteiger partial charge on any atom is 0.332 e. The second-order valence-electron chi connectivity index (χ2n) is 15.1. The molecule has 2 saturated heterocycles. The summed E-state index contributed by atoms with van der Waals surface area (Å²) < 4.78 is 17.8. The molecule has 1 saturated carbocycles. The predicted octanol–water partition coefficient (Wildman–Crippen LogP) is 6.24. The van der Waals surface area contributed by atoms with Gasteiger partial charge in [-0.2, -0.15) is 0 Å². The zero-order chi connectivity index (χ0) is 37.7. The van der Waals surface area contributed by atoms with Crippen molar-refractivity contribution in [3.8, 4) is 22.8 Å². The standard InChI is InChI=1S/C43H52N4O7/c1-3-53-42(51)43-27-31(43)18-12-6-4-5-9-17-30(23-39(48)46-21-13-8-14-22-46)41(50)47-28-33(25-37(47)40(49)45-43)54-38-26-35(29-15-10-7-11-16-29)44-36-24-32(52-2)19-20-34(36)38/h7,10-12,15-16,18-20,24,26,30-31,33,37H,3-6,8-9,13-14,17,21-23,25,27-28H2,1-2H3,(H,45,49)/b18-12-/t30-,31-,33-,37+,43-/m1/s1. The number of pyridine rings is 1. The molecule has 4 heterocycles. The summed E-state index contributed by atoms with van der Waals surface area (Å²) in [5.41, 5.74) is 1.15. The van der Waals surface area contributed by atoms with Crippen LogP contribution in [0, 0.1) is 11.8 Å². The Balaban J connectivity index is 1.22. The molecule has 1 aliphatic carbocycles. The van der Waals surface area contributed by atoms with Crippen LogP contribution >= 0.6 is 0 Å². The van der Waals surface area contributed by atoms with Gasteiger partial charge in [0.2, 0.25) is 17.7 Å². The smallest absolute Gasteiger partial charge is 0.332 e. The van der Waals surface area contributed by atoms with Crippen LogP contribution in [-0.2, 0) is 23.9 Å².